The smallest absolute Gasteiger partial charge is 0.228 e. The van der Waals surface area contributed by atoms with Crippen LogP contribution in [0.5, 0.6) is 5.88 Å². The lowest BCUT2D eigenvalue weighted by Crippen LogP contribution is -2.33. The first kappa shape index (κ1) is 24.8. The second-order valence-electron chi connectivity index (χ2n) is 9.55. The number of hydrogen-bond acceptors (Lipinski definition) is 9. The maximum Gasteiger partial charge on any atom is 0.228 e. The molecule has 0 aliphatic carbocycles. The predicted octanol–water partition coefficient (Wildman–Crippen LogP) is 5.20. The molecule has 0 spiro atoms. The molecule has 10 heteroatoms. The molecular weight excluding hydrogens is 468 g/mol. The van der Waals surface area contributed by atoms with E-state index in [4.69, 9.17) is 9.26 Å². The van der Waals surface area contributed by atoms with Crippen LogP contribution in [-0.2, 0) is 6.54 Å². The van der Waals surface area contributed by atoms with Crippen LogP contribution >= 0.6 is 0 Å². The lowest BCUT2D eigenvalue weighted by atomic mass is 10.1. The number of nitrogens with one attached hydrogen (secondary N) is 3. The van der Waals surface area contributed by atoms with Crippen LogP contribution in [0.2, 0.25) is 0 Å². The normalized spacial score (nSPS) is 14.1. The van der Waals surface area contributed by atoms with E-state index in [0.29, 0.717) is 42.5 Å². The first-order valence-electron chi connectivity index (χ1n) is 12.9. The molecule has 4 heterocycles. The summed E-state index contributed by atoms with van der Waals surface area (Å²) >= 11 is 0. The molecule has 0 amide bonds. The van der Waals surface area contributed by atoms with E-state index in [1.165, 1.54) is 19.3 Å². The highest BCUT2D eigenvalue weighted by Gasteiger charge is 2.13. The predicted molar refractivity (Wildman–Crippen MR) is 143 cm³/mol. The second-order valence-corrected chi connectivity index (χ2v) is 9.55. The van der Waals surface area contributed by atoms with Crippen LogP contribution in [0.3, 0.4) is 0 Å². The highest BCUT2D eigenvalue weighted by atomic mass is 16.5. The van der Waals surface area contributed by atoms with Crippen LogP contribution in [-0.4, -0.2) is 56.5 Å². The Morgan fingerprint density at radius 1 is 1.05 bits per heavy atom. The lowest BCUT2D eigenvalue weighted by Gasteiger charge is -2.26. The Morgan fingerprint density at radius 3 is 2.68 bits per heavy atom. The molecule has 37 heavy (non-hydrogen) atoms. The number of rotatable bonds is 11. The van der Waals surface area contributed by atoms with Gasteiger partial charge in [0.15, 0.2) is 5.76 Å². The molecule has 0 atom stereocenters. The molecule has 3 aromatic heterocycles. The van der Waals surface area contributed by atoms with E-state index >= 15 is 0 Å². The number of aromatic nitrogens is 5. The van der Waals surface area contributed by atoms with E-state index in [9.17, 15) is 0 Å². The van der Waals surface area contributed by atoms with Crippen molar-refractivity contribution in [1.82, 2.24) is 30.2 Å². The van der Waals surface area contributed by atoms with Crippen LogP contribution in [0.25, 0.3) is 11.3 Å². The van der Waals surface area contributed by atoms with Crippen molar-refractivity contribution < 1.29 is 9.26 Å². The van der Waals surface area contributed by atoms with Gasteiger partial charge in [0, 0.05) is 30.3 Å². The molecule has 1 fully saturated rings. The zero-order valence-electron chi connectivity index (χ0n) is 21.4. The fraction of sp³-hybridized carbons (Fsp3) is 0.407. The topological polar surface area (TPSA) is 117 Å². The Labute approximate surface area is 216 Å². The average Bonchev–Trinajstić information content (AvgIpc) is 3.59. The number of likely N-dealkylation sites (tertiary alicyclic amines) is 1. The van der Waals surface area contributed by atoms with Gasteiger partial charge >= 0.3 is 0 Å². The van der Waals surface area contributed by atoms with Crippen LogP contribution in [0.1, 0.15) is 50.5 Å². The molecule has 194 valence electrons. The number of piperidine rings is 1. The van der Waals surface area contributed by atoms with Crippen molar-refractivity contribution in [3.8, 4) is 17.1 Å². The van der Waals surface area contributed by atoms with Crippen molar-refractivity contribution in [2.45, 2.75) is 45.6 Å². The third kappa shape index (κ3) is 6.85. The third-order valence-corrected chi connectivity index (χ3v) is 6.31. The zero-order valence-corrected chi connectivity index (χ0v) is 21.4. The minimum Gasteiger partial charge on any atom is -0.476 e. The molecule has 1 saturated heterocycles. The molecule has 1 aromatic carbocycles. The van der Waals surface area contributed by atoms with Crippen LogP contribution in [0.15, 0.2) is 53.1 Å². The number of nitrogens with zero attached hydrogens (tertiary/aromatic N) is 5. The molecule has 0 saturated carbocycles. The second kappa shape index (κ2) is 11.9. The van der Waals surface area contributed by atoms with Gasteiger partial charge in [-0.1, -0.05) is 55.8 Å². The lowest BCUT2D eigenvalue weighted by molar-refractivity contribution is 0.180. The van der Waals surface area contributed by atoms with Gasteiger partial charge in [0.2, 0.25) is 11.8 Å². The summed E-state index contributed by atoms with van der Waals surface area (Å²) in [6.07, 6.45) is 3.83. The van der Waals surface area contributed by atoms with E-state index in [1.54, 1.807) is 6.07 Å². The molecule has 0 radical (unpaired) electrons. The van der Waals surface area contributed by atoms with Gasteiger partial charge in [-0.15, -0.1) is 0 Å². The van der Waals surface area contributed by atoms with Gasteiger partial charge in [0.05, 0.1) is 12.2 Å². The Hall–Kier alpha value is -3.92. The SMILES string of the molecule is CC(C)c1cc(Nc2cc(OCCN3CCCCC3)nc(NCc3cc(-c4ccccc4)no3)n2)[nH]n1. The summed E-state index contributed by atoms with van der Waals surface area (Å²) in [7, 11) is 0. The van der Waals surface area contributed by atoms with Gasteiger partial charge in [-0.3, -0.25) is 10.00 Å². The largest absolute Gasteiger partial charge is 0.476 e. The van der Waals surface area contributed by atoms with Gasteiger partial charge in [-0.25, -0.2) is 0 Å². The summed E-state index contributed by atoms with van der Waals surface area (Å²) in [5.41, 5.74) is 2.77. The van der Waals surface area contributed by atoms with Crippen LogP contribution in [0.4, 0.5) is 17.6 Å². The number of H-pyrrole nitrogens is 1. The number of anilines is 3. The molecule has 0 bridgehead atoms. The molecule has 1 aliphatic rings. The van der Waals surface area contributed by atoms with E-state index in [1.807, 2.05) is 42.5 Å². The van der Waals surface area contributed by atoms with Crippen molar-refractivity contribution in [3.63, 3.8) is 0 Å². The van der Waals surface area contributed by atoms with Crippen molar-refractivity contribution in [1.29, 1.82) is 0 Å². The molecule has 0 unspecified atom stereocenters. The van der Waals surface area contributed by atoms with E-state index in [2.05, 4.69) is 54.7 Å². The summed E-state index contributed by atoms with van der Waals surface area (Å²) in [6.45, 7) is 8.31. The Balaban J connectivity index is 1.27. The first-order chi connectivity index (χ1) is 18.1. The standard InChI is InChI=1S/C27H34N8O2/c1-19(2)22-16-25(33-32-22)29-24-17-26(36-14-13-35-11-7-4-8-12-35)31-27(30-24)28-18-21-15-23(34-37-21)20-9-5-3-6-10-20/h3,5-6,9-10,15-17,19H,4,7-8,11-14,18H2,1-2H3,(H3,28,29,30,31,32,33). The molecule has 5 rings (SSSR count). The molecular formula is C27H34N8O2. The summed E-state index contributed by atoms with van der Waals surface area (Å²) in [5.74, 6) is 3.30. The average molecular weight is 503 g/mol. The van der Waals surface area contributed by atoms with Crippen molar-refractivity contribution in [3.05, 3.63) is 60.0 Å². The van der Waals surface area contributed by atoms with Gasteiger partial charge in [0.25, 0.3) is 0 Å². The Kier molecular flexibility index (Phi) is 7.95. The quantitative estimate of drug-likeness (QED) is 0.254. The van der Waals surface area contributed by atoms with Crippen molar-refractivity contribution >= 4 is 17.6 Å². The van der Waals surface area contributed by atoms with Crippen LogP contribution in [0, 0.1) is 0 Å². The van der Waals surface area contributed by atoms with Crippen molar-refractivity contribution in [2.24, 2.45) is 0 Å². The van der Waals surface area contributed by atoms with E-state index in [-0.39, 0.29) is 0 Å². The maximum absolute atomic E-state index is 6.05. The maximum atomic E-state index is 6.05. The fourth-order valence-corrected chi connectivity index (χ4v) is 4.25. The number of benzene rings is 1. The summed E-state index contributed by atoms with van der Waals surface area (Å²) < 4.78 is 11.6. The van der Waals surface area contributed by atoms with Crippen LogP contribution < -0.4 is 15.4 Å². The highest BCUT2D eigenvalue weighted by Crippen LogP contribution is 2.23. The Bertz CT molecular complexity index is 1260. The van der Waals surface area contributed by atoms with Gasteiger partial charge in [-0.05, 0) is 31.8 Å². The summed E-state index contributed by atoms with van der Waals surface area (Å²) in [5, 5.41) is 18.1. The monoisotopic (exact) mass is 502 g/mol. The molecule has 3 N–H and O–H groups in total. The Morgan fingerprint density at radius 2 is 1.89 bits per heavy atom. The summed E-state index contributed by atoms with van der Waals surface area (Å²) in [4.78, 5) is 11.6. The van der Waals surface area contributed by atoms with E-state index in [0.717, 1.165) is 42.4 Å². The van der Waals surface area contributed by atoms with Crippen molar-refractivity contribution in [2.75, 3.05) is 36.9 Å². The fourth-order valence-electron chi connectivity index (χ4n) is 4.25. The minimum absolute atomic E-state index is 0.325. The third-order valence-electron chi connectivity index (χ3n) is 6.31. The number of ether oxygens (including phenoxy) is 1. The molecule has 1 aliphatic heterocycles. The molecule has 10 nitrogen and oxygen atoms in total. The van der Waals surface area contributed by atoms with Gasteiger partial charge < -0.3 is 19.9 Å². The zero-order chi connectivity index (χ0) is 25.5. The summed E-state index contributed by atoms with van der Waals surface area (Å²) in [6, 6.07) is 15.6. The number of hydrogen-bond donors (Lipinski definition) is 3. The van der Waals surface area contributed by atoms with Gasteiger partial charge in [-0.2, -0.15) is 15.1 Å². The van der Waals surface area contributed by atoms with E-state index < -0.39 is 0 Å². The molecule has 4 aromatic rings. The van der Waals surface area contributed by atoms with Gasteiger partial charge in [0.1, 0.15) is 23.9 Å². The highest BCUT2D eigenvalue weighted by molar-refractivity contribution is 5.59. The number of aromatic amines is 1. The first-order valence-corrected chi connectivity index (χ1v) is 12.9. The minimum atomic E-state index is 0.325.